The lowest BCUT2D eigenvalue weighted by Gasteiger charge is -2.27. The molecule has 1 saturated heterocycles. The van der Waals surface area contributed by atoms with Gasteiger partial charge in [-0.05, 0) is 24.3 Å². The predicted octanol–water partition coefficient (Wildman–Crippen LogP) is 2.46. The number of morpholine rings is 1. The first-order chi connectivity index (χ1) is 17.2. The molecule has 1 aliphatic rings. The molecular formula is C21H21ClF2N4O7S. The largest absolute Gasteiger partial charge is 0.453 e. The van der Waals surface area contributed by atoms with Crippen molar-refractivity contribution in [2.45, 2.75) is 12.7 Å². The Balaban J connectivity index is 1.77. The average molecular weight is 547 g/mol. The molecule has 3 rings (SSSR count). The average Bonchev–Trinajstić information content (AvgIpc) is 3.28. The minimum Gasteiger partial charge on any atom is -0.453 e. The number of ether oxygens (including phenoxy) is 3. The van der Waals surface area contributed by atoms with Crippen LogP contribution in [0.1, 0.15) is 9.67 Å². The number of anilines is 2. The summed E-state index contributed by atoms with van der Waals surface area (Å²) in [5, 5.41) is 7.14. The van der Waals surface area contributed by atoms with Crippen LogP contribution in [-0.4, -0.2) is 69.9 Å². The molecule has 4 amide bonds. The SMILES string of the molecule is COC(=O)N[C@H](CNC(=O)c1ccc(Cl)s1)C(=O)Nc1ccc(N2CCOCC2=O)cc1OC(F)F. The van der Waals surface area contributed by atoms with Gasteiger partial charge in [-0.15, -0.1) is 11.3 Å². The van der Waals surface area contributed by atoms with Crippen molar-refractivity contribution >= 4 is 58.1 Å². The Bertz CT molecular complexity index is 1130. The number of thiophene rings is 1. The molecule has 1 aromatic carbocycles. The Hall–Kier alpha value is -3.49. The highest BCUT2D eigenvalue weighted by Crippen LogP contribution is 2.32. The highest BCUT2D eigenvalue weighted by molar-refractivity contribution is 7.18. The summed E-state index contributed by atoms with van der Waals surface area (Å²) in [6.45, 7) is -3.27. The molecule has 194 valence electrons. The number of nitrogens with zero attached hydrogens (tertiary/aromatic N) is 1. The first kappa shape index (κ1) is 27.1. The molecule has 1 aromatic heterocycles. The fourth-order valence-electron chi connectivity index (χ4n) is 3.12. The molecule has 15 heteroatoms. The molecule has 11 nitrogen and oxygen atoms in total. The first-order valence-corrected chi connectivity index (χ1v) is 11.5. The topological polar surface area (TPSA) is 135 Å². The zero-order valence-electron chi connectivity index (χ0n) is 18.7. The molecule has 3 N–H and O–H groups in total. The number of alkyl carbamates (subject to hydrolysis) is 1. The van der Waals surface area contributed by atoms with Crippen molar-refractivity contribution in [3.8, 4) is 5.75 Å². The van der Waals surface area contributed by atoms with Gasteiger partial charge < -0.3 is 35.1 Å². The summed E-state index contributed by atoms with van der Waals surface area (Å²) in [4.78, 5) is 50.7. The number of methoxy groups -OCH3 is 1. The van der Waals surface area contributed by atoms with E-state index in [0.29, 0.717) is 4.34 Å². The molecule has 2 heterocycles. The van der Waals surface area contributed by atoms with E-state index in [-0.39, 0.29) is 48.5 Å². The van der Waals surface area contributed by atoms with E-state index in [2.05, 4.69) is 25.4 Å². The molecule has 2 aromatic rings. The number of carbonyl (C=O) groups excluding carboxylic acids is 4. The second kappa shape index (κ2) is 12.5. The summed E-state index contributed by atoms with van der Waals surface area (Å²) < 4.78 is 40.6. The summed E-state index contributed by atoms with van der Waals surface area (Å²) in [6, 6.07) is 5.54. The Morgan fingerprint density at radius 1 is 1.25 bits per heavy atom. The van der Waals surface area contributed by atoms with E-state index in [0.717, 1.165) is 18.4 Å². The number of hydrogen-bond donors (Lipinski definition) is 3. The lowest BCUT2D eigenvalue weighted by molar-refractivity contribution is -0.125. The Morgan fingerprint density at radius 2 is 2.03 bits per heavy atom. The molecule has 0 spiro atoms. The fraction of sp³-hybridized carbons (Fsp3) is 0.333. The lowest BCUT2D eigenvalue weighted by atomic mass is 10.2. The minimum absolute atomic E-state index is 0.155. The van der Waals surface area contributed by atoms with Crippen LogP contribution in [0.15, 0.2) is 30.3 Å². The van der Waals surface area contributed by atoms with Crippen LogP contribution in [0.5, 0.6) is 5.75 Å². The molecule has 0 bridgehead atoms. The van der Waals surface area contributed by atoms with E-state index in [1.165, 1.54) is 35.2 Å². The smallest absolute Gasteiger partial charge is 0.407 e. The highest BCUT2D eigenvalue weighted by atomic mass is 35.5. The van der Waals surface area contributed by atoms with Crippen LogP contribution < -0.4 is 25.6 Å². The molecule has 1 aliphatic heterocycles. The molecule has 36 heavy (non-hydrogen) atoms. The van der Waals surface area contributed by atoms with Crippen LogP contribution in [0.25, 0.3) is 0 Å². The van der Waals surface area contributed by atoms with Crippen molar-refractivity contribution in [3.63, 3.8) is 0 Å². The van der Waals surface area contributed by atoms with Gasteiger partial charge in [-0.2, -0.15) is 8.78 Å². The fourth-order valence-corrected chi connectivity index (χ4v) is 4.07. The van der Waals surface area contributed by atoms with Crippen LogP contribution in [0.2, 0.25) is 4.34 Å². The van der Waals surface area contributed by atoms with Crippen LogP contribution in [-0.2, 0) is 19.1 Å². The van der Waals surface area contributed by atoms with Crippen molar-refractivity contribution in [1.82, 2.24) is 10.6 Å². The molecular weight excluding hydrogens is 526 g/mol. The number of rotatable bonds is 9. The maximum atomic E-state index is 13.1. The van der Waals surface area contributed by atoms with Gasteiger partial charge in [0.1, 0.15) is 12.6 Å². The first-order valence-electron chi connectivity index (χ1n) is 10.3. The van der Waals surface area contributed by atoms with E-state index in [4.69, 9.17) is 16.3 Å². The zero-order valence-corrected chi connectivity index (χ0v) is 20.3. The summed E-state index contributed by atoms with van der Waals surface area (Å²) in [6.07, 6.45) is -0.964. The normalized spacial score (nSPS) is 14.2. The lowest BCUT2D eigenvalue weighted by Crippen LogP contribution is -2.50. The highest BCUT2D eigenvalue weighted by Gasteiger charge is 2.26. The van der Waals surface area contributed by atoms with Crippen molar-refractivity contribution in [1.29, 1.82) is 0 Å². The van der Waals surface area contributed by atoms with Gasteiger partial charge in [0.2, 0.25) is 5.91 Å². The second-order valence-corrected chi connectivity index (χ2v) is 8.86. The Kier molecular flexibility index (Phi) is 9.38. The van der Waals surface area contributed by atoms with E-state index in [9.17, 15) is 28.0 Å². The Morgan fingerprint density at radius 3 is 2.67 bits per heavy atom. The third kappa shape index (κ3) is 7.26. The maximum Gasteiger partial charge on any atom is 0.407 e. The third-order valence-corrected chi connectivity index (χ3v) is 6.02. The van der Waals surface area contributed by atoms with Gasteiger partial charge in [0.25, 0.3) is 11.8 Å². The molecule has 1 fully saturated rings. The van der Waals surface area contributed by atoms with E-state index in [1.807, 2.05) is 0 Å². The monoisotopic (exact) mass is 546 g/mol. The number of nitrogens with one attached hydrogen (secondary N) is 3. The van der Waals surface area contributed by atoms with Gasteiger partial charge in [0.05, 0.1) is 28.6 Å². The van der Waals surface area contributed by atoms with Crippen LogP contribution >= 0.6 is 22.9 Å². The minimum atomic E-state index is -3.22. The number of hydrogen-bond acceptors (Lipinski definition) is 8. The maximum absolute atomic E-state index is 13.1. The van der Waals surface area contributed by atoms with Crippen LogP contribution in [0.3, 0.4) is 0 Å². The van der Waals surface area contributed by atoms with Gasteiger partial charge in [-0.25, -0.2) is 4.79 Å². The van der Waals surface area contributed by atoms with Crippen molar-refractivity contribution in [2.24, 2.45) is 0 Å². The molecule has 1 atom stereocenters. The summed E-state index contributed by atoms with van der Waals surface area (Å²) >= 11 is 6.84. The number of benzene rings is 1. The second-order valence-electron chi connectivity index (χ2n) is 7.15. The number of halogens is 3. The molecule has 0 radical (unpaired) electrons. The van der Waals surface area contributed by atoms with Crippen LogP contribution in [0.4, 0.5) is 25.0 Å². The zero-order chi connectivity index (χ0) is 26.2. The third-order valence-electron chi connectivity index (χ3n) is 4.79. The van der Waals surface area contributed by atoms with Crippen LogP contribution in [0, 0.1) is 0 Å². The van der Waals surface area contributed by atoms with Gasteiger partial charge >= 0.3 is 12.7 Å². The molecule has 0 aliphatic carbocycles. The van der Waals surface area contributed by atoms with E-state index in [1.54, 1.807) is 0 Å². The molecule has 0 saturated carbocycles. The Labute approximate surface area is 212 Å². The number of carbonyl (C=O) groups is 4. The summed E-state index contributed by atoms with van der Waals surface area (Å²) in [5.74, 6) is -2.19. The van der Waals surface area contributed by atoms with Gasteiger partial charge in [-0.1, -0.05) is 11.6 Å². The van der Waals surface area contributed by atoms with Crippen molar-refractivity contribution < 1.29 is 42.2 Å². The summed E-state index contributed by atoms with van der Waals surface area (Å²) in [5.41, 5.74) is 0.112. The number of alkyl halides is 2. The molecule has 0 unspecified atom stereocenters. The quantitative estimate of drug-likeness (QED) is 0.439. The predicted molar refractivity (Wildman–Crippen MR) is 126 cm³/mol. The van der Waals surface area contributed by atoms with E-state index < -0.39 is 36.3 Å². The van der Waals surface area contributed by atoms with Gasteiger partial charge in [0, 0.05) is 24.8 Å². The summed E-state index contributed by atoms with van der Waals surface area (Å²) in [7, 11) is 1.08. The van der Waals surface area contributed by atoms with Gasteiger partial charge in [-0.3, -0.25) is 14.4 Å². The van der Waals surface area contributed by atoms with E-state index >= 15 is 0 Å². The van der Waals surface area contributed by atoms with Crippen molar-refractivity contribution in [2.75, 3.05) is 43.6 Å². The number of amides is 4. The standard InChI is InChI=1S/C21H21ClF2N4O7S/c1-33-21(32)27-13(9-25-19(31)15-4-5-16(22)36-15)18(30)26-12-3-2-11(8-14(12)35-20(23)24)28-6-7-34-10-17(28)29/h2-5,8,13,20H,6-7,9-10H2,1H3,(H,25,31)(H,26,30)(H,27,32)/t13-/m1/s1. The van der Waals surface area contributed by atoms with Crippen molar-refractivity contribution in [3.05, 3.63) is 39.5 Å². The van der Waals surface area contributed by atoms with Gasteiger partial charge in [0.15, 0.2) is 5.75 Å².